The molecular formula is C30H30F2N2OS. The summed E-state index contributed by atoms with van der Waals surface area (Å²) in [4.78, 5) is 13.5. The molecule has 0 unspecified atom stereocenters. The van der Waals surface area contributed by atoms with Gasteiger partial charge >= 0.3 is 0 Å². The fourth-order valence-electron chi connectivity index (χ4n) is 4.19. The summed E-state index contributed by atoms with van der Waals surface area (Å²) in [5, 5.41) is 0. The summed E-state index contributed by atoms with van der Waals surface area (Å²) < 4.78 is 25.3. The Labute approximate surface area is 215 Å². The van der Waals surface area contributed by atoms with E-state index >= 15 is 0 Å². The van der Waals surface area contributed by atoms with E-state index in [9.17, 15) is 13.6 Å². The standard InChI is InChI=1S/C26H24FNS.C4H6FNO/c1-16-4-6-19(7-5-16)21-10-13-23(26-18(3)17(2)25(15-28)29-26)24(14-21)20-8-11-22(27)12-9-20;5-4-1-6(2-4)3-7/h4-14H,15,28H2,1-3H3;3-4H,1-2H2. The van der Waals surface area contributed by atoms with Gasteiger partial charge in [-0.05, 0) is 77.9 Å². The van der Waals surface area contributed by atoms with Crippen molar-refractivity contribution in [3.63, 3.8) is 0 Å². The molecule has 0 aliphatic carbocycles. The van der Waals surface area contributed by atoms with Crippen LogP contribution in [0.2, 0.25) is 0 Å². The van der Waals surface area contributed by atoms with Crippen LogP contribution in [0.25, 0.3) is 32.7 Å². The minimum atomic E-state index is -0.759. The van der Waals surface area contributed by atoms with Gasteiger partial charge in [-0.2, -0.15) is 0 Å². The van der Waals surface area contributed by atoms with E-state index in [1.54, 1.807) is 11.3 Å². The minimum Gasteiger partial charge on any atom is -0.339 e. The molecule has 0 spiro atoms. The first kappa shape index (κ1) is 25.7. The number of hydrogen-bond acceptors (Lipinski definition) is 3. The largest absolute Gasteiger partial charge is 0.339 e. The number of carbonyl (C=O) groups excluding carboxylic acids is 1. The third-order valence-corrected chi connectivity index (χ3v) is 8.00. The number of nitrogens with two attached hydrogens (primary N) is 1. The molecule has 1 fully saturated rings. The van der Waals surface area contributed by atoms with Gasteiger partial charge < -0.3 is 10.6 Å². The summed E-state index contributed by atoms with van der Waals surface area (Å²) in [6, 6.07) is 21.9. The van der Waals surface area contributed by atoms with Gasteiger partial charge in [-0.25, -0.2) is 8.78 Å². The molecule has 0 bridgehead atoms. The maximum absolute atomic E-state index is 13.6. The van der Waals surface area contributed by atoms with E-state index in [4.69, 9.17) is 5.73 Å². The number of thiophene rings is 1. The predicted molar refractivity (Wildman–Crippen MR) is 145 cm³/mol. The number of amides is 1. The van der Waals surface area contributed by atoms with Crippen molar-refractivity contribution >= 4 is 17.7 Å². The lowest BCUT2D eigenvalue weighted by Gasteiger charge is -2.29. The van der Waals surface area contributed by atoms with Gasteiger partial charge in [-0.1, -0.05) is 54.1 Å². The van der Waals surface area contributed by atoms with Crippen molar-refractivity contribution in [1.82, 2.24) is 4.90 Å². The van der Waals surface area contributed by atoms with Crippen molar-refractivity contribution in [2.24, 2.45) is 5.73 Å². The first-order valence-corrected chi connectivity index (χ1v) is 12.7. The van der Waals surface area contributed by atoms with E-state index < -0.39 is 6.17 Å². The van der Waals surface area contributed by atoms with Crippen molar-refractivity contribution < 1.29 is 13.6 Å². The van der Waals surface area contributed by atoms with Gasteiger partial charge in [0.25, 0.3) is 0 Å². The highest BCUT2D eigenvalue weighted by Gasteiger charge is 2.23. The molecule has 1 aliphatic rings. The van der Waals surface area contributed by atoms with Gasteiger partial charge in [-0.15, -0.1) is 11.3 Å². The number of alkyl halides is 1. The molecule has 36 heavy (non-hydrogen) atoms. The number of halogens is 2. The summed E-state index contributed by atoms with van der Waals surface area (Å²) in [6.45, 7) is 7.52. The van der Waals surface area contributed by atoms with Crippen LogP contribution in [0.3, 0.4) is 0 Å². The third kappa shape index (κ3) is 5.55. The quantitative estimate of drug-likeness (QED) is 0.296. The van der Waals surface area contributed by atoms with Crippen molar-refractivity contribution in [2.75, 3.05) is 13.1 Å². The first-order valence-electron chi connectivity index (χ1n) is 11.9. The average molecular weight is 505 g/mol. The highest BCUT2D eigenvalue weighted by molar-refractivity contribution is 7.16. The molecule has 1 aromatic heterocycles. The van der Waals surface area contributed by atoms with E-state index in [0.717, 1.165) is 22.3 Å². The predicted octanol–water partition coefficient (Wildman–Crippen LogP) is 7.07. The zero-order valence-corrected chi connectivity index (χ0v) is 21.5. The Bertz CT molecular complexity index is 1340. The molecule has 2 N–H and O–H groups in total. The van der Waals surface area contributed by atoms with Gasteiger partial charge in [-0.3, -0.25) is 4.79 Å². The number of hydrogen-bond donors (Lipinski definition) is 1. The van der Waals surface area contributed by atoms with Gasteiger partial charge in [0, 0.05) is 16.3 Å². The third-order valence-electron chi connectivity index (χ3n) is 6.55. The van der Waals surface area contributed by atoms with Gasteiger partial charge in [0.05, 0.1) is 13.1 Å². The second kappa shape index (κ2) is 11.1. The maximum Gasteiger partial charge on any atom is 0.209 e. The van der Waals surface area contributed by atoms with Crippen LogP contribution in [0.1, 0.15) is 21.6 Å². The second-order valence-corrected chi connectivity index (χ2v) is 10.2. The molecule has 3 nitrogen and oxygen atoms in total. The van der Waals surface area contributed by atoms with Crippen molar-refractivity contribution in [2.45, 2.75) is 33.5 Å². The molecule has 6 heteroatoms. The zero-order chi connectivity index (χ0) is 25.8. The first-order chi connectivity index (χ1) is 17.3. The Balaban J connectivity index is 0.000000375. The molecule has 4 aromatic rings. The minimum absolute atomic E-state index is 0.224. The fourth-order valence-corrected chi connectivity index (χ4v) is 5.42. The monoisotopic (exact) mass is 504 g/mol. The Kier molecular flexibility index (Phi) is 7.97. The molecule has 1 amide bonds. The van der Waals surface area contributed by atoms with Crippen molar-refractivity contribution in [3.8, 4) is 32.7 Å². The number of nitrogens with zero attached hydrogens (tertiary/aromatic N) is 1. The number of aryl methyl sites for hydroxylation is 1. The Morgan fingerprint density at radius 3 is 2.03 bits per heavy atom. The Morgan fingerprint density at radius 2 is 1.50 bits per heavy atom. The summed E-state index contributed by atoms with van der Waals surface area (Å²) in [6.07, 6.45) is -0.0963. The highest BCUT2D eigenvalue weighted by atomic mass is 32.1. The van der Waals surface area contributed by atoms with Crippen molar-refractivity contribution in [3.05, 3.63) is 94.1 Å². The molecule has 1 aliphatic heterocycles. The number of rotatable bonds is 5. The molecule has 0 atom stereocenters. The van der Waals surface area contributed by atoms with Gasteiger partial charge in [0.1, 0.15) is 12.0 Å². The zero-order valence-electron chi connectivity index (χ0n) is 20.7. The topological polar surface area (TPSA) is 46.3 Å². The average Bonchev–Trinajstić information content (AvgIpc) is 3.16. The Morgan fingerprint density at radius 1 is 0.889 bits per heavy atom. The molecule has 0 radical (unpaired) electrons. The Hall–Kier alpha value is -3.35. The van der Waals surface area contributed by atoms with Crippen LogP contribution in [0.5, 0.6) is 0 Å². The number of benzene rings is 3. The summed E-state index contributed by atoms with van der Waals surface area (Å²) in [5.41, 5.74) is 15.3. The van der Waals surface area contributed by atoms with E-state index in [2.05, 4.69) is 63.2 Å². The van der Waals surface area contributed by atoms with Crippen LogP contribution < -0.4 is 5.73 Å². The normalized spacial score (nSPS) is 13.1. The number of likely N-dealkylation sites (tertiary alicyclic amines) is 1. The van der Waals surface area contributed by atoms with Crippen LogP contribution in [-0.2, 0) is 11.3 Å². The van der Waals surface area contributed by atoms with E-state index in [-0.39, 0.29) is 5.82 Å². The summed E-state index contributed by atoms with van der Waals surface area (Å²) in [7, 11) is 0. The lowest BCUT2D eigenvalue weighted by molar-refractivity contribution is -0.124. The molecule has 1 saturated heterocycles. The van der Waals surface area contributed by atoms with Crippen LogP contribution >= 0.6 is 11.3 Å². The van der Waals surface area contributed by atoms with E-state index in [1.165, 1.54) is 49.0 Å². The number of carbonyl (C=O) groups is 1. The molecule has 2 heterocycles. The van der Waals surface area contributed by atoms with Gasteiger partial charge in [0.15, 0.2) is 0 Å². The van der Waals surface area contributed by atoms with E-state index in [0.29, 0.717) is 26.0 Å². The smallest absolute Gasteiger partial charge is 0.209 e. The SMILES string of the molecule is Cc1ccc(-c2ccc(-c3sc(CN)c(C)c3C)c(-c3ccc(F)cc3)c2)cc1.O=CN1CC(F)C1. The lowest BCUT2D eigenvalue weighted by atomic mass is 9.92. The van der Waals surface area contributed by atoms with E-state index in [1.807, 2.05) is 12.1 Å². The molecule has 0 saturated carbocycles. The highest BCUT2D eigenvalue weighted by Crippen LogP contribution is 2.42. The van der Waals surface area contributed by atoms with Crippen molar-refractivity contribution in [1.29, 1.82) is 0 Å². The molecule has 3 aromatic carbocycles. The molecular weight excluding hydrogens is 474 g/mol. The second-order valence-electron chi connectivity index (χ2n) is 9.10. The lowest BCUT2D eigenvalue weighted by Crippen LogP contribution is -2.47. The molecule has 5 rings (SSSR count). The van der Waals surface area contributed by atoms with Crippen LogP contribution in [-0.4, -0.2) is 30.6 Å². The summed E-state index contributed by atoms with van der Waals surface area (Å²) in [5.74, 6) is -0.224. The van der Waals surface area contributed by atoms with Crippen LogP contribution in [0.15, 0.2) is 66.7 Å². The summed E-state index contributed by atoms with van der Waals surface area (Å²) >= 11 is 1.76. The van der Waals surface area contributed by atoms with Gasteiger partial charge in [0.2, 0.25) is 6.41 Å². The maximum atomic E-state index is 13.6. The van der Waals surface area contributed by atoms with Crippen LogP contribution in [0.4, 0.5) is 8.78 Å². The van der Waals surface area contributed by atoms with Crippen LogP contribution in [0, 0.1) is 26.6 Å². The fraction of sp³-hybridized carbons (Fsp3) is 0.233. The molecule has 186 valence electrons.